The Balaban J connectivity index is 2.58. The lowest BCUT2D eigenvalue weighted by atomic mass is 10.2. The molecule has 6 nitrogen and oxygen atoms in total. The third-order valence-corrected chi connectivity index (χ3v) is 2.14. The van der Waals surface area contributed by atoms with Gasteiger partial charge in [0, 0.05) is 24.7 Å². The van der Waals surface area contributed by atoms with E-state index < -0.39 is 5.97 Å². The van der Waals surface area contributed by atoms with Gasteiger partial charge in [0.25, 0.3) is 0 Å². The van der Waals surface area contributed by atoms with Crippen molar-refractivity contribution in [1.82, 2.24) is 9.97 Å². The molecule has 2 heterocycles. The summed E-state index contributed by atoms with van der Waals surface area (Å²) in [6.45, 7) is 1.37. The maximum atomic E-state index is 11.0. The Morgan fingerprint density at radius 2 is 2.12 bits per heavy atom. The average molecular weight is 231 g/mol. The number of fused-ring (bicyclic) bond motifs is 1. The molecule has 0 aromatic carbocycles. The van der Waals surface area contributed by atoms with E-state index in [0.717, 1.165) is 0 Å². The quantitative estimate of drug-likeness (QED) is 0.812. The van der Waals surface area contributed by atoms with Crippen molar-refractivity contribution >= 4 is 28.6 Å². The highest BCUT2D eigenvalue weighted by atomic mass is 16.4. The van der Waals surface area contributed by atoms with E-state index in [1.54, 1.807) is 6.07 Å². The number of hydrogen-bond acceptors (Lipinski definition) is 4. The van der Waals surface area contributed by atoms with Crippen LogP contribution >= 0.6 is 0 Å². The van der Waals surface area contributed by atoms with Crippen molar-refractivity contribution in [3.63, 3.8) is 0 Å². The van der Waals surface area contributed by atoms with Crippen LogP contribution in [0.3, 0.4) is 0 Å². The SMILES string of the molecule is CC(=O)Nc1nccc2cc(C(=O)O)cnc12. The van der Waals surface area contributed by atoms with Gasteiger partial charge in [-0.15, -0.1) is 0 Å². The number of carbonyl (C=O) groups is 2. The van der Waals surface area contributed by atoms with Gasteiger partial charge in [-0.05, 0) is 12.1 Å². The summed E-state index contributed by atoms with van der Waals surface area (Å²) in [4.78, 5) is 29.7. The van der Waals surface area contributed by atoms with Crippen molar-refractivity contribution in [3.05, 3.63) is 30.1 Å². The number of pyridine rings is 2. The molecule has 0 unspecified atom stereocenters. The van der Waals surface area contributed by atoms with E-state index in [1.165, 1.54) is 25.4 Å². The third-order valence-electron chi connectivity index (χ3n) is 2.14. The zero-order valence-corrected chi connectivity index (χ0v) is 8.97. The first-order valence-corrected chi connectivity index (χ1v) is 4.83. The number of nitrogens with zero attached hydrogens (tertiary/aromatic N) is 2. The third kappa shape index (κ3) is 2.20. The molecule has 2 N–H and O–H groups in total. The number of carboxylic acid groups (broad SMARTS) is 1. The number of carbonyl (C=O) groups excluding carboxylic acids is 1. The van der Waals surface area contributed by atoms with Crippen LogP contribution in [0.25, 0.3) is 10.9 Å². The Hall–Kier alpha value is -2.50. The predicted molar refractivity (Wildman–Crippen MR) is 60.8 cm³/mol. The first kappa shape index (κ1) is 11.0. The Morgan fingerprint density at radius 1 is 1.35 bits per heavy atom. The topological polar surface area (TPSA) is 92.2 Å². The molecule has 0 aliphatic heterocycles. The van der Waals surface area contributed by atoms with Gasteiger partial charge in [-0.25, -0.2) is 9.78 Å². The van der Waals surface area contributed by atoms with Crippen LogP contribution in [0.5, 0.6) is 0 Å². The first-order chi connectivity index (χ1) is 8.08. The number of carboxylic acids is 1. The Bertz CT molecular complexity index is 610. The van der Waals surface area contributed by atoms with E-state index in [1.807, 2.05) is 0 Å². The van der Waals surface area contributed by atoms with Crippen molar-refractivity contribution in [3.8, 4) is 0 Å². The average Bonchev–Trinajstić information content (AvgIpc) is 2.28. The van der Waals surface area contributed by atoms with E-state index >= 15 is 0 Å². The van der Waals surface area contributed by atoms with Gasteiger partial charge in [-0.3, -0.25) is 9.78 Å². The summed E-state index contributed by atoms with van der Waals surface area (Å²) < 4.78 is 0. The minimum absolute atomic E-state index is 0.0949. The van der Waals surface area contributed by atoms with E-state index in [9.17, 15) is 9.59 Å². The van der Waals surface area contributed by atoms with E-state index in [2.05, 4.69) is 15.3 Å². The molecule has 0 atom stereocenters. The van der Waals surface area contributed by atoms with Crippen molar-refractivity contribution in [2.75, 3.05) is 5.32 Å². The van der Waals surface area contributed by atoms with Crippen molar-refractivity contribution in [2.24, 2.45) is 0 Å². The highest BCUT2D eigenvalue weighted by Gasteiger charge is 2.08. The Labute approximate surface area is 96.3 Å². The normalized spacial score (nSPS) is 10.2. The zero-order chi connectivity index (χ0) is 12.4. The van der Waals surface area contributed by atoms with Gasteiger partial charge in [-0.1, -0.05) is 0 Å². The summed E-state index contributed by atoms with van der Waals surface area (Å²) in [6, 6.07) is 3.12. The number of hydrogen-bond donors (Lipinski definition) is 2. The first-order valence-electron chi connectivity index (χ1n) is 4.83. The molecule has 0 fully saturated rings. The smallest absolute Gasteiger partial charge is 0.337 e. The molecule has 86 valence electrons. The van der Waals surface area contributed by atoms with E-state index in [-0.39, 0.29) is 11.5 Å². The van der Waals surface area contributed by atoms with Crippen molar-refractivity contribution in [2.45, 2.75) is 6.92 Å². The molecule has 0 radical (unpaired) electrons. The number of aromatic nitrogens is 2. The van der Waals surface area contributed by atoms with E-state index in [4.69, 9.17) is 5.11 Å². The Morgan fingerprint density at radius 3 is 2.76 bits per heavy atom. The molecule has 0 saturated heterocycles. The summed E-state index contributed by atoms with van der Waals surface area (Å²) >= 11 is 0. The molecule has 0 spiro atoms. The van der Waals surface area contributed by atoms with Crippen LogP contribution in [0.4, 0.5) is 5.82 Å². The van der Waals surface area contributed by atoms with Crippen LogP contribution in [-0.4, -0.2) is 27.0 Å². The van der Waals surface area contributed by atoms with Crippen LogP contribution in [0.15, 0.2) is 24.5 Å². The fourth-order valence-corrected chi connectivity index (χ4v) is 1.44. The second-order valence-corrected chi connectivity index (χ2v) is 3.44. The molecule has 2 rings (SSSR count). The molecule has 0 bridgehead atoms. The molecule has 1 amide bonds. The van der Waals surface area contributed by atoms with Gasteiger partial charge < -0.3 is 10.4 Å². The lowest BCUT2D eigenvalue weighted by Crippen LogP contribution is -2.08. The molecule has 0 aliphatic rings. The largest absolute Gasteiger partial charge is 0.478 e. The number of aromatic carboxylic acids is 1. The molecule has 0 saturated carbocycles. The molecule has 2 aromatic rings. The fraction of sp³-hybridized carbons (Fsp3) is 0.0909. The predicted octanol–water partition coefficient (Wildman–Crippen LogP) is 1.29. The van der Waals surface area contributed by atoms with Crippen LogP contribution in [0.1, 0.15) is 17.3 Å². The summed E-state index contributed by atoms with van der Waals surface area (Å²) in [7, 11) is 0. The highest BCUT2D eigenvalue weighted by Crippen LogP contribution is 2.19. The molecular weight excluding hydrogens is 222 g/mol. The molecular formula is C11H9N3O3. The van der Waals surface area contributed by atoms with Crippen LogP contribution in [0, 0.1) is 0 Å². The molecule has 17 heavy (non-hydrogen) atoms. The maximum Gasteiger partial charge on any atom is 0.337 e. The summed E-state index contributed by atoms with van der Waals surface area (Å²) in [6.07, 6.45) is 2.72. The molecule has 2 aromatic heterocycles. The van der Waals surface area contributed by atoms with Gasteiger partial charge in [-0.2, -0.15) is 0 Å². The molecule has 6 heteroatoms. The summed E-state index contributed by atoms with van der Waals surface area (Å²) in [5.74, 6) is -0.974. The van der Waals surface area contributed by atoms with Gasteiger partial charge >= 0.3 is 5.97 Å². The monoisotopic (exact) mass is 231 g/mol. The van der Waals surface area contributed by atoms with Crippen molar-refractivity contribution in [1.29, 1.82) is 0 Å². The highest BCUT2D eigenvalue weighted by molar-refractivity contribution is 5.99. The Kier molecular flexibility index (Phi) is 2.70. The van der Waals surface area contributed by atoms with Gasteiger partial charge in [0.2, 0.25) is 5.91 Å². The maximum absolute atomic E-state index is 11.0. The minimum atomic E-state index is -1.04. The van der Waals surface area contributed by atoms with Crippen molar-refractivity contribution < 1.29 is 14.7 Å². The van der Waals surface area contributed by atoms with Crippen LogP contribution < -0.4 is 5.32 Å². The van der Waals surface area contributed by atoms with Crippen LogP contribution in [-0.2, 0) is 4.79 Å². The lowest BCUT2D eigenvalue weighted by molar-refractivity contribution is -0.114. The van der Waals surface area contributed by atoms with Gasteiger partial charge in [0.05, 0.1) is 5.56 Å². The molecule has 0 aliphatic carbocycles. The lowest BCUT2D eigenvalue weighted by Gasteiger charge is -2.05. The summed E-state index contributed by atoms with van der Waals surface area (Å²) in [5, 5.41) is 12.0. The number of amides is 1. The number of rotatable bonds is 2. The van der Waals surface area contributed by atoms with Crippen LogP contribution in [0.2, 0.25) is 0 Å². The van der Waals surface area contributed by atoms with E-state index in [0.29, 0.717) is 16.7 Å². The minimum Gasteiger partial charge on any atom is -0.478 e. The van der Waals surface area contributed by atoms with Gasteiger partial charge in [0.1, 0.15) is 5.52 Å². The standard InChI is InChI=1S/C11H9N3O3/c1-6(15)14-10-9-7(2-3-12-10)4-8(5-13-9)11(16)17/h2-5H,1H3,(H,16,17)(H,12,14,15). The second-order valence-electron chi connectivity index (χ2n) is 3.44. The van der Waals surface area contributed by atoms with Gasteiger partial charge in [0.15, 0.2) is 5.82 Å². The number of nitrogens with one attached hydrogen (secondary N) is 1. The number of anilines is 1. The fourth-order valence-electron chi connectivity index (χ4n) is 1.44. The summed E-state index contributed by atoms with van der Waals surface area (Å²) in [5.41, 5.74) is 0.560. The zero-order valence-electron chi connectivity index (χ0n) is 8.97. The second kappa shape index (κ2) is 4.17.